The molecule has 1 aromatic heterocycles. The van der Waals surface area contributed by atoms with E-state index in [2.05, 4.69) is 20.2 Å². The first-order chi connectivity index (χ1) is 6.36. The normalized spacial score (nSPS) is 17.5. The first-order valence-corrected chi connectivity index (χ1v) is 4.68. The number of anilines is 1. The van der Waals surface area contributed by atoms with Crippen LogP contribution >= 0.6 is 11.6 Å². The maximum absolute atomic E-state index is 5.70. The molecule has 2 heterocycles. The molecule has 0 bridgehead atoms. The van der Waals surface area contributed by atoms with E-state index in [9.17, 15) is 0 Å². The largest absolute Gasteiger partial charge is 0.354 e. The summed E-state index contributed by atoms with van der Waals surface area (Å²) in [7, 11) is 0. The van der Waals surface area contributed by atoms with Crippen molar-refractivity contribution in [3.8, 4) is 0 Å². The van der Waals surface area contributed by atoms with Crippen molar-refractivity contribution in [3.63, 3.8) is 0 Å². The lowest BCUT2D eigenvalue weighted by Crippen LogP contribution is -2.43. The van der Waals surface area contributed by atoms with Crippen molar-refractivity contribution in [2.24, 2.45) is 0 Å². The molecule has 5 heteroatoms. The molecule has 1 aliphatic heterocycles. The molecular formula is C8H11ClN4. The van der Waals surface area contributed by atoms with E-state index in [1.54, 1.807) is 6.20 Å². The average Bonchev–Trinajstić information content (AvgIpc) is 2.19. The van der Waals surface area contributed by atoms with Gasteiger partial charge in [0.1, 0.15) is 5.82 Å². The van der Waals surface area contributed by atoms with Crippen LogP contribution in [0.4, 0.5) is 5.82 Å². The zero-order valence-electron chi connectivity index (χ0n) is 7.20. The SMILES string of the molecule is Clc1nccc(N2CCNCC2)n1. The molecule has 1 N–H and O–H groups in total. The van der Waals surface area contributed by atoms with Crippen LogP contribution in [0.15, 0.2) is 12.3 Å². The van der Waals surface area contributed by atoms with Gasteiger partial charge in [0.15, 0.2) is 0 Å². The molecule has 0 amide bonds. The summed E-state index contributed by atoms with van der Waals surface area (Å²) >= 11 is 5.70. The highest BCUT2D eigenvalue weighted by atomic mass is 35.5. The molecule has 1 saturated heterocycles. The van der Waals surface area contributed by atoms with E-state index in [4.69, 9.17) is 11.6 Å². The van der Waals surface area contributed by atoms with Crippen molar-refractivity contribution in [1.29, 1.82) is 0 Å². The first-order valence-electron chi connectivity index (χ1n) is 4.30. The molecule has 2 rings (SSSR count). The molecule has 0 aromatic carbocycles. The van der Waals surface area contributed by atoms with E-state index in [0.717, 1.165) is 32.0 Å². The van der Waals surface area contributed by atoms with E-state index >= 15 is 0 Å². The minimum Gasteiger partial charge on any atom is -0.354 e. The van der Waals surface area contributed by atoms with Crippen molar-refractivity contribution >= 4 is 17.4 Å². The summed E-state index contributed by atoms with van der Waals surface area (Å²) in [5.41, 5.74) is 0. The Morgan fingerprint density at radius 1 is 1.38 bits per heavy atom. The quantitative estimate of drug-likeness (QED) is 0.669. The summed E-state index contributed by atoms with van der Waals surface area (Å²) in [5, 5.41) is 3.60. The third-order valence-corrected chi connectivity index (χ3v) is 2.23. The van der Waals surface area contributed by atoms with Crippen LogP contribution in [0.1, 0.15) is 0 Å². The van der Waals surface area contributed by atoms with Gasteiger partial charge < -0.3 is 10.2 Å². The Morgan fingerprint density at radius 2 is 2.15 bits per heavy atom. The summed E-state index contributed by atoms with van der Waals surface area (Å²) in [4.78, 5) is 10.2. The predicted molar refractivity (Wildman–Crippen MR) is 52.1 cm³/mol. The van der Waals surface area contributed by atoms with Crippen LogP contribution in [-0.4, -0.2) is 36.1 Å². The van der Waals surface area contributed by atoms with Crippen molar-refractivity contribution in [2.75, 3.05) is 31.1 Å². The molecule has 0 aliphatic carbocycles. The van der Waals surface area contributed by atoms with Crippen LogP contribution in [0.25, 0.3) is 0 Å². The number of hydrogen-bond acceptors (Lipinski definition) is 4. The van der Waals surface area contributed by atoms with Crippen molar-refractivity contribution in [2.45, 2.75) is 0 Å². The topological polar surface area (TPSA) is 41.1 Å². The van der Waals surface area contributed by atoms with Crippen molar-refractivity contribution in [1.82, 2.24) is 15.3 Å². The number of nitrogens with zero attached hydrogens (tertiary/aromatic N) is 3. The van der Waals surface area contributed by atoms with Gasteiger partial charge in [-0.05, 0) is 17.7 Å². The van der Waals surface area contributed by atoms with Gasteiger partial charge in [0, 0.05) is 32.4 Å². The second-order valence-corrected chi connectivity index (χ2v) is 3.26. The zero-order chi connectivity index (χ0) is 9.10. The van der Waals surface area contributed by atoms with E-state index < -0.39 is 0 Å². The average molecular weight is 199 g/mol. The summed E-state index contributed by atoms with van der Waals surface area (Å²) < 4.78 is 0. The van der Waals surface area contributed by atoms with Gasteiger partial charge in [0.25, 0.3) is 0 Å². The maximum atomic E-state index is 5.70. The maximum Gasteiger partial charge on any atom is 0.224 e. The molecule has 0 spiro atoms. The van der Waals surface area contributed by atoms with E-state index in [-0.39, 0.29) is 0 Å². The fourth-order valence-electron chi connectivity index (χ4n) is 1.40. The summed E-state index contributed by atoms with van der Waals surface area (Å²) in [6.07, 6.45) is 1.69. The minimum absolute atomic E-state index is 0.316. The highest BCUT2D eigenvalue weighted by Gasteiger charge is 2.11. The van der Waals surface area contributed by atoms with Crippen LogP contribution < -0.4 is 10.2 Å². The van der Waals surface area contributed by atoms with Gasteiger partial charge in [-0.15, -0.1) is 0 Å². The van der Waals surface area contributed by atoms with Gasteiger partial charge in [0.05, 0.1) is 0 Å². The van der Waals surface area contributed by atoms with Crippen LogP contribution in [0.2, 0.25) is 5.28 Å². The third-order valence-electron chi connectivity index (χ3n) is 2.05. The standard InChI is InChI=1S/C8H11ClN4/c9-8-11-2-1-7(12-8)13-5-3-10-4-6-13/h1-2,10H,3-6H2. The molecule has 4 nitrogen and oxygen atoms in total. The fourth-order valence-corrected chi connectivity index (χ4v) is 1.54. The lowest BCUT2D eigenvalue weighted by atomic mass is 10.3. The van der Waals surface area contributed by atoms with Gasteiger partial charge >= 0.3 is 0 Å². The Labute approximate surface area is 81.9 Å². The van der Waals surface area contributed by atoms with Gasteiger partial charge in [-0.25, -0.2) is 9.97 Å². The molecule has 0 radical (unpaired) electrons. The van der Waals surface area contributed by atoms with Crippen molar-refractivity contribution in [3.05, 3.63) is 17.5 Å². The molecule has 1 aromatic rings. The summed E-state index contributed by atoms with van der Waals surface area (Å²) in [6, 6.07) is 1.89. The number of rotatable bonds is 1. The minimum atomic E-state index is 0.316. The molecule has 13 heavy (non-hydrogen) atoms. The number of hydrogen-bond donors (Lipinski definition) is 1. The monoisotopic (exact) mass is 198 g/mol. The van der Waals surface area contributed by atoms with Crippen molar-refractivity contribution < 1.29 is 0 Å². The van der Waals surface area contributed by atoms with Crippen LogP contribution in [0.5, 0.6) is 0 Å². The van der Waals surface area contributed by atoms with Gasteiger partial charge in [0.2, 0.25) is 5.28 Å². The molecule has 1 aliphatic rings. The molecule has 0 unspecified atom stereocenters. The lowest BCUT2D eigenvalue weighted by molar-refractivity contribution is 0.584. The Hall–Kier alpha value is -0.870. The Bertz CT molecular complexity index is 285. The number of piperazine rings is 1. The molecule has 70 valence electrons. The second-order valence-electron chi connectivity index (χ2n) is 2.92. The second kappa shape index (κ2) is 3.89. The highest BCUT2D eigenvalue weighted by molar-refractivity contribution is 6.28. The summed E-state index contributed by atoms with van der Waals surface area (Å²) in [6.45, 7) is 3.96. The Morgan fingerprint density at radius 3 is 2.85 bits per heavy atom. The molecule has 0 atom stereocenters. The van der Waals surface area contributed by atoms with E-state index in [1.165, 1.54) is 0 Å². The molecular weight excluding hydrogens is 188 g/mol. The highest BCUT2D eigenvalue weighted by Crippen LogP contribution is 2.12. The molecule has 1 fully saturated rings. The lowest BCUT2D eigenvalue weighted by Gasteiger charge is -2.28. The Kier molecular flexibility index (Phi) is 2.61. The number of aromatic nitrogens is 2. The Balaban J connectivity index is 2.14. The number of nitrogens with one attached hydrogen (secondary N) is 1. The van der Waals surface area contributed by atoms with Crippen LogP contribution in [-0.2, 0) is 0 Å². The smallest absolute Gasteiger partial charge is 0.224 e. The zero-order valence-corrected chi connectivity index (χ0v) is 7.96. The van der Waals surface area contributed by atoms with Gasteiger partial charge in [-0.1, -0.05) is 0 Å². The fraction of sp³-hybridized carbons (Fsp3) is 0.500. The third kappa shape index (κ3) is 2.08. The van der Waals surface area contributed by atoms with Gasteiger partial charge in [-0.2, -0.15) is 0 Å². The predicted octanol–water partition coefficient (Wildman–Crippen LogP) is 0.540. The van der Waals surface area contributed by atoms with Gasteiger partial charge in [-0.3, -0.25) is 0 Å². The van der Waals surface area contributed by atoms with E-state index in [0.29, 0.717) is 5.28 Å². The van der Waals surface area contributed by atoms with Crippen LogP contribution in [0.3, 0.4) is 0 Å². The number of halogens is 1. The summed E-state index contributed by atoms with van der Waals surface area (Å²) in [5.74, 6) is 0.918. The first kappa shape index (κ1) is 8.72. The van der Waals surface area contributed by atoms with E-state index in [1.807, 2.05) is 6.07 Å². The van der Waals surface area contributed by atoms with Crippen LogP contribution in [0, 0.1) is 0 Å². The molecule has 0 saturated carbocycles.